The maximum absolute atomic E-state index is 11.4. The fraction of sp³-hybridized carbons (Fsp3) is 0.750. The minimum Gasteiger partial charge on any atom is -0.368 e. The van der Waals surface area contributed by atoms with E-state index >= 15 is 0 Å². The molecule has 0 radical (unpaired) electrons. The first kappa shape index (κ1) is 12.4. The van der Waals surface area contributed by atoms with E-state index in [0.29, 0.717) is 0 Å². The number of halogens is 1. The molecule has 4 nitrogen and oxygen atoms in total. The molecule has 13 heavy (non-hydrogen) atoms. The molecule has 0 unspecified atom stereocenters. The van der Waals surface area contributed by atoms with Crippen molar-refractivity contribution in [2.45, 2.75) is 37.6 Å². The van der Waals surface area contributed by atoms with Crippen molar-refractivity contribution in [1.29, 1.82) is 0 Å². The highest BCUT2D eigenvalue weighted by molar-refractivity contribution is 9.10. The van der Waals surface area contributed by atoms with Crippen molar-refractivity contribution >= 4 is 27.7 Å². The Balaban J connectivity index is 4.47. The lowest BCUT2D eigenvalue weighted by molar-refractivity contribution is -0.131. The Morgan fingerprint density at radius 1 is 1.23 bits per heavy atom. The average molecular weight is 251 g/mol. The predicted octanol–water partition coefficient (Wildman–Crippen LogP) is 0.540. The highest BCUT2D eigenvalue weighted by Gasteiger charge is 2.32. The number of hydrogen-bond donors (Lipinski definition) is 2. The summed E-state index contributed by atoms with van der Waals surface area (Å²) in [5, 5.41) is 2.54. The molecule has 0 atom stereocenters. The van der Waals surface area contributed by atoms with Crippen molar-refractivity contribution in [2.75, 3.05) is 0 Å². The second kappa shape index (κ2) is 3.65. The molecular weight excluding hydrogens is 236 g/mol. The van der Waals surface area contributed by atoms with Crippen molar-refractivity contribution in [3.63, 3.8) is 0 Å². The van der Waals surface area contributed by atoms with E-state index in [0.717, 1.165) is 0 Å². The summed E-state index contributed by atoms with van der Waals surface area (Å²) < 4.78 is -0.695. The van der Waals surface area contributed by atoms with Gasteiger partial charge in [0.15, 0.2) is 0 Å². The van der Waals surface area contributed by atoms with Gasteiger partial charge in [-0.1, -0.05) is 15.9 Å². The molecule has 0 fully saturated rings. The van der Waals surface area contributed by atoms with Gasteiger partial charge in [-0.25, -0.2) is 0 Å². The minimum absolute atomic E-state index is 0.267. The van der Waals surface area contributed by atoms with Crippen molar-refractivity contribution < 1.29 is 9.59 Å². The van der Waals surface area contributed by atoms with Gasteiger partial charge >= 0.3 is 0 Å². The Morgan fingerprint density at radius 2 is 1.62 bits per heavy atom. The summed E-state index contributed by atoms with van der Waals surface area (Å²) in [4.78, 5) is 22.3. The van der Waals surface area contributed by atoms with Gasteiger partial charge in [-0.3, -0.25) is 9.59 Å². The van der Waals surface area contributed by atoms with Crippen LogP contribution in [-0.2, 0) is 9.59 Å². The summed E-state index contributed by atoms with van der Waals surface area (Å²) in [5.41, 5.74) is 4.08. The molecule has 0 bridgehead atoms. The Kier molecular flexibility index (Phi) is 3.49. The first-order valence-electron chi connectivity index (χ1n) is 3.89. The van der Waals surface area contributed by atoms with Gasteiger partial charge in [0, 0.05) is 0 Å². The number of amides is 2. The van der Waals surface area contributed by atoms with Crippen LogP contribution in [-0.4, -0.2) is 21.7 Å². The topological polar surface area (TPSA) is 72.2 Å². The van der Waals surface area contributed by atoms with Crippen LogP contribution in [0.2, 0.25) is 0 Å². The quantitative estimate of drug-likeness (QED) is 0.718. The van der Waals surface area contributed by atoms with Crippen LogP contribution in [0.15, 0.2) is 0 Å². The van der Waals surface area contributed by atoms with Crippen LogP contribution in [0.4, 0.5) is 0 Å². The Labute approximate surface area is 86.4 Å². The molecule has 0 aliphatic rings. The smallest absolute Gasteiger partial charge is 0.242 e. The second-order valence-electron chi connectivity index (χ2n) is 3.92. The Hall–Kier alpha value is -0.580. The molecule has 0 spiro atoms. The normalized spacial score (nSPS) is 12.4. The van der Waals surface area contributed by atoms with Crippen LogP contribution < -0.4 is 11.1 Å². The van der Waals surface area contributed by atoms with Gasteiger partial charge in [0.25, 0.3) is 0 Å². The third-order valence-corrected chi connectivity index (χ3v) is 1.94. The van der Waals surface area contributed by atoms with Crippen LogP contribution in [0.5, 0.6) is 0 Å². The number of carbonyl (C=O) groups excluding carboxylic acids is 2. The van der Waals surface area contributed by atoms with Gasteiger partial charge in [0.2, 0.25) is 11.8 Å². The SMILES string of the molecule is CC(C)(Br)C(=O)NC(C)(C)C(N)=O. The number of nitrogens with one attached hydrogen (secondary N) is 1. The lowest BCUT2D eigenvalue weighted by Gasteiger charge is -2.26. The molecule has 5 heteroatoms. The van der Waals surface area contributed by atoms with E-state index in [1.54, 1.807) is 27.7 Å². The Bertz CT molecular complexity index is 231. The van der Waals surface area contributed by atoms with Gasteiger partial charge in [-0.2, -0.15) is 0 Å². The van der Waals surface area contributed by atoms with Crippen LogP contribution >= 0.6 is 15.9 Å². The number of primary amides is 1. The summed E-state index contributed by atoms with van der Waals surface area (Å²) in [6.45, 7) is 6.51. The molecular formula is C8H15BrN2O2. The lowest BCUT2D eigenvalue weighted by atomic mass is 10.0. The lowest BCUT2D eigenvalue weighted by Crippen LogP contribution is -2.56. The summed E-state index contributed by atoms with van der Waals surface area (Å²) in [6.07, 6.45) is 0. The first-order chi connectivity index (χ1) is 5.57. The standard InChI is InChI=1S/C8H15BrN2O2/c1-7(2,9)6(13)11-8(3,4)5(10)12/h1-4H3,(H2,10,12)(H,11,13). The van der Waals surface area contributed by atoms with Gasteiger partial charge in [-0.15, -0.1) is 0 Å². The van der Waals surface area contributed by atoms with E-state index in [2.05, 4.69) is 21.2 Å². The zero-order chi connectivity index (χ0) is 10.9. The van der Waals surface area contributed by atoms with Crippen molar-refractivity contribution in [3.05, 3.63) is 0 Å². The molecule has 0 rings (SSSR count). The maximum atomic E-state index is 11.4. The van der Waals surface area contributed by atoms with E-state index in [1.165, 1.54) is 0 Å². The fourth-order valence-electron chi connectivity index (χ4n) is 0.494. The zero-order valence-corrected chi connectivity index (χ0v) is 9.86. The number of alkyl halides is 1. The molecule has 76 valence electrons. The first-order valence-corrected chi connectivity index (χ1v) is 4.68. The van der Waals surface area contributed by atoms with E-state index < -0.39 is 15.8 Å². The molecule has 0 aliphatic heterocycles. The average Bonchev–Trinajstić information content (AvgIpc) is 1.83. The van der Waals surface area contributed by atoms with Gasteiger partial charge < -0.3 is 11.1 Å². The highest BCUT2D eigenvalue weighted by Crippen LogP contribution is 2.17. The molecule has 0 aromatic heterocycles. The summed E-state index contributed by atoms with van der Waals surface area (Å²) in [6, 6.07) is 0. The van der Waals surface area contributed by atoms with Crippen molar-refractivity contribution in [3.8, 4) is 0 Å². The number of rotatable bonds is 3. The van der Waals surface area contributed by atoms with Crippen LogP contribution in [0.3, 0.4) is 0 Å². The highest BCUT2D eigenvalue weighted by atomic mass is 79.9. The van der Waals surface area contributed by atoms with Crippen LogP contribution in [0.1, 0.15) is 27.7 Å². The predicted molar refractivity (Wildman–Crippen MR) is 54.4 cm³/mol. The summed E-state index contributed by atoms with van der Waals surface area (Å²) in [7, 11) is 0. The van der Waals surface area contributed by atoms with E-state index in [-0.39, 0.29) is 5.91 Å². The summed E-state index contributed by atoms with van der Waals surface area (Å²) >= 11 is 3.18. The summed E-state index contributed by atoms with van der Waals surface area (Å²) in [5.74, 6) is -0.825. The molecule has 0 saturated carbocycles. The third-order valence-electron chi connectivity index (χ3n) is 1.58. The van der Waals surface area contributed by atoms with Gasteiger partial charge in [0.05, 0.1) is 4.32 Å². The molecule has 3 N–H and O–H groups in total. The van der Waals surface area contributed by atoms with Crippen LogP contribution in [0.25, 0.3) is 0 Å². The fourth-order valence-corrected chi connectivity index (χ4v) is 0.593. The monoisotopic (exact) mass is 250 g/mol. The Morgan fingerprint density at radius 3 is 1.85 bits per heavy atom. The molecule has 0 heterocycles. The number of hydrogen-bond acceptors (Lipinski definition) is 2. The van der Waals surface area contributed by atoms with E-state index in [4.69, 9.17) is 5.73 Å². The third kappa shape index (κ3) is 3.76. The molecule has 2 amide bonds. The van der Waals surface area contributed by atoms with Crippen molar-refractivity contribution in [1.82, 2.24) is 5.32 Å². The molecule has 0 aliphatic carbocycles. The molecule has 0 saturated heterocycles. The van der Waals surface area contributed by atoms with Crippen LogP contribution in [0, 0.1) is 0 Å². The second-order valence-corrected chi connectivity index (χ2v) is 5.90. The molecule has 0 aromatic rings. The molecule has 0 aromatic carbocycles. The number of carbonyl (C=O) groups is 2. The van der Waals surface area contributed by atoms with Crippen molar-refractivity contribution in [2.24, 2.45) is 5.73 Å². The zero-order valence-electron chi connectivity index (χ0n) is 8.27. The largest absolute Gasteiger partial charge is 0.368 e. The maximum Gasteiger partial charge on any atom is 0.242 e. The number of nitrogens with two attached hydrogens (primary N) is 1. The minimum atomic E-state index is -1.01. The van der Waals surface area contributed by atoms with Gasteiger partial charge in [0.1, 0.15) is 5.54 Å². The van der Waals surface area contributed by atoms with E-state index in [9.17, 15) is 9.59 Å². The van der Waals surface area contributed by atoms with E-state index in [1.807, 2.05) is 0 Å². The van der Waals surface area contributed by atoms with Gasteiger partial charge in [-0.05, 0) is 27.7 Å².